The zero-order chi connectivity index (χ0) is 15.2. The van der Waals surface area contributed by atoms with Crippen molar-refractivity contribution in [3.63, 3.8) is 0 Å². The van der Waals surface area contributed by atoms with Crippen LogP contribution in [-0.2, 0) is 6.42 Å². The fourth-order valence-corrected chi connectivity index (χ4v) is 2.17. The van der Waals surface area contributed by atoms with Crippen molar-refractivity contribution >= 4 is 0 Å². The van der Waals surface area contributed by atoms with Crippen molar-refractivity contribution in [2.24, 2.45) is 5.73 Å². The van der Waals surface area contributed by atoms with E-state index in [1.54, 1.807) is 0 Å². The van der Waals surface area contributed by atoms with E-state index in [9.17, 15) is 8.78 Å². The lowest BCUT2D eigenvalue weighted by Gasteiger charge is -2.13. The lowest BCUT2D eigenvalue weighted by Crippen LogP contribution is -2.25. The van der Waals surface area contributed by atoms with Crippen LogP contribution in [0, 0.1) is 18.6 Å². The molecule has 0 aliphatic carbocycles. The molecule has 2 aromatic rings. The second-order valence-electron chi connectivity index (χ2n) is 5.20. The first-order valence-electron chi connectivity index (χ1n) is 6.93. The van der Waals surface area contributed by atoms with Crippen LogP contribution in [0.15, 0.2) is 42.5 Å². The first kappa shape index (κ1) is 15.4. The highest BCUT2D eigenvalue weighted by molar-refractivity contribution is 5.27. The van der Waals surface area contributed by atoms with E-state index in [2.05, 4.69) is 0 Å². The molecule has 2 aromatic carbocycles. The van der Waals surface area contributed by atoms with Gasteiger partial charge in [0.05, 0.1) is 6.61 Å². The maximum atomic E-state index is 13.1. The van der Waals surface area contributed by atoms with Gasteiger partial charge < -0.3 is 10.5 Å². The molecule has 0 aromatic heterocycles. The van der Waals surface area contributed by atoms with Crippen molar-refractivity contribution in [3.8, 4) is 5.75 Å². The predicted octanol–water partition coefficient (Wildman–Crippen LogP) is 3.61. The highest BCUT2D eigenvalue weighted by Crippen LogP contribution is 2.14. The lowest BCUT2D eigenvalue weighted by atomic mass is 10.0. The molecule has 2 N–H and O–H groups in total. The van der Waals surface area contributed by atoms with E-state index in [0.29, 0.717) is 25.0 Å². The molecule has 0 bridgehead atoms. The van der Waals surface area contributed by atoms with E-state index in [4.69, 9.17) is 10.5 Å². The fraction of sp³-hybridized carbons (Fsp3) is 0.294. The summed E-state index contributed by atoms with van der Waals surface area (Å²) < 4.78 is 31.8. The van der Waals surface area contributed by atoms with Crippen LogP contribution in [0.4, 0.5) is 8.78 Å². The summed E-state index contributed by atoms with van der Waals surface area (Å²) >= 11 is 0. The summed E-state index contributed by atoms with van der Waals surface area (Å²) in [5, 5.41) is 0. The number of benzene rings is 2. The number of aryl methyl sites for hydroxylation is 1. The van der Waals surface area contributed by atoms with Gasteiger partial charge in [0.15, 0.2) is 0 Å². The normalized spacial score (nSPS) is 12.2. The second-order valence-corrected chi connectivity index (χ2v) is 5.20. The second kappa shape index (κ2) is 7.18. The zero-order valence-corrected chi connectivity index (χ0v) is 12.0. The number of halogens is 2. The van der Waals surface area contributed by atoms with Gasteiger partial charge in [-0.15, -0.1) is 0 Å². The molecule has 0 radical (unpaired) electrons. The molecule has 1 unspecified atom stereocenters. The monoisotopic (exact) mass is 291 g/mol. The maximum Gasteiger partial charge on any atom is 0.126 e. The lowest BCUT2D eigenvalue weighted by molar-refractivity contribution is 0.297. The van der Waals surface area contributed by atoms with Crippen LogP contribution in [-0.4, -0.2) is 12.6 Å². The molecular formula is C17H19F2NO. The van der Waals surface area contributed by atoms with Crippen molar-refractivity contribution in [2.75, 3.05) is 6.61 Å². The first-order chi connectivity index (χ1) is 10.0. The number of rotatable bonds is 6. The highest BCUT2D eigenvalue weighted by Gasteiger charge is 2.07. The number of hydrogen-bond donors (Lipinski definition) is 1. The van der Waals surface area contributed by atoms with E-state index >= 15 is 0 Å². The summed E-state index contributed by atoms with van der Waals surface area (Å²) in [6.45, 7) is 2.47. The number of hydrogen-bond acceptors (Lipinski definition) is 2. The molecule has 1 atom stereocenters. The molecule has 0 aliphatic rings. The largest absolute Gasteiger partial charge is 0.494 e. The Hall–Kier alpha value is -1.94. The molecule has 112 valence electrons. The van der Waals surface area contributed by atoms with Gasteiger partial charge in [0.2, 0.25) is 0 Å². The Labute approximate surface area is 123 Å². The van der Waals surface area contributed by atoms with Gasteiger partial charge >= 0.3 is 0 Å². The highest BCUT2D eigenvalue weighted by atomic mass is 19.1. The molecule has 0 saturated heterocycles. The van der Waals surface area contributed by atoms with Gasteiger partial charge in [0, 0.05) is 12.1 Å². The summed E-state index contributed by atoms with van der Waals surface area (Å²) in [6.07, 6.45) is 1.04. The minimum absolute atomic E-state index is 0.198. The van der Waals surface area contributed by atoms with Crippen molar-refractivity contribution in [1.82, 2.24) is 0 Å². The van der Waals surface area contributed by atoms with Gasteiger partial charge in [-0.25, -0.2) is 8.78 Å². The Morgan fingerprint density at radius 3 is 2.48 bits per heavy atom. The van der Waals surface area contributed by atoms with Crippen LogP contribution < -0.4 is 10.5 Å². The van der Waals surface area contributed by atoms with Gasteiger partial charge in [-0.05, 0) is 55.2 Å². The van der Waals surface area contributed by atoms with E-state index in [1.165, 1.54) is 12.1 Å². The Morgan fingerprint density at radius 1 is 1.10 bits per heavy atom. The van der Waals surface area contributed by atoms with Crippen molar-refractivity contribution in [3.05, 3.63) is 65.2 Å². The Kier molecular flexibility index (Phi) is 5.28. The van der Waals surface area contributed by atoms with E-state index in [1.807, 2.05) is 31.2 Å². The van der Waals surface area contributed by atoms with Gasteiger partial charge in [-0.3, -0.25) is 0 Å². The molecule has 0 saturated carbocycles. The van der Waals surface area contributed by atoms with Crippen LogP contribution in [0.25, 0.3) is 0 Å². The minimum Gasteiger partial charge on any atom is -0.494 e. The summed E-state index contributed by atoms with van der Waals surface area (Å²) in [5.41, 5.74) is 7.67. The van der Waals surface area contributed by atoms with Crippen LogP contribution in [0.3, 0.4) is 0 Å². The Morgan fingerprint density at radius 2 is 1.81 bits per heavy atom. The summed E-state index contributed by atoms with van der Waals surface area (Å²) in [6, 6.07) is 11.0. The number of ether oxygens (including phenoxy) is 1. The van der Waals surface area contributed by atoms with Crippen molar-refractivity contribution in [1.29, 1.82) is 0 Å². The third-order valence-electron chi connectivity index (χ3n) is 3.17. The topological polar surface area (TPSA) is 35.2 Å². The Bertz CT molecular complexity index is 581. The van der Waals surface area contributed by atoms with E-state index in [-0.39, 0.29) is 6.04 Å². The standard InChI is InChI=1S/C17H19F2NO/c1-12-3-2-4-17(7-12)21-6-5-16(20)10-13-8-14(18)11-15(19)9-13/h2-4,7-9,11,16H,5-6,10,20H2,1H3. The average Bonchev–Trinajstić information content (AvgIpc) is 2.37. The minimum atomic E-state index is -0.576. The SMILES string of the molecule is Cc1cccc(OCCC(N)Cc2cc(F)cc(F)c2)c1. The molecule has 2 rings (SSSR count). The summed E-state index contributed by atoms with van der Waals surface area (Å²) in [4.78, 5) is 0. The van der Waals surface area contributed by atoms with Crippen LogP contribution >= 0.6 is 0 Å². The summed E-state index contributed by atoms with van der Waals surface area (Å²) in [5.74, 6) is -0.347. The predicted molar refractivity (Wildman–Crippen MR) is 79.3 cm³/mol. The molecule has 2 nitrogen and oxygen atoms in total. The van der Waals surface area contributed by atoms with Crippen LogP contribution in [0.2, 0.25) is 0 Å². The van der Waals surface area contributed by atoms with Crippen LogP contribution in [0.5, 0.6) is 5.75 Å². The van der Waals surface area contributed by atoms with E-state index < -0.39 is 11.6 Å². The molecule has 21 heavy (non-hydrogen) atoms. The van der Waals surface area contributed by atoms with E-state index in [0.717, 1.165) is 17.4 Å². The molecule has 0 fully saturated rings. The van der Waals surface area contributed by atoms with Crippen molar-refractivity contribution < 1.29 is 13.5 Å². The van der Waals surface area contributed by atoms with Crippen molar-refractivity contribution in [2.45, 2.75) is 25.8 Å². The number of nitrogens with two attached hydrogens (primary N) is 1. The van der Waals surface area contributed by atoms with Gasteiger partial charge in [-0.2, -0.15) is 0 Å². The molecule has 4 heteroatoms. The summed E-state index contributed by atoms with van der Waals surface area (Å²) in [7, 11) is 0. The third kappa shape index (κ3) is 5.16. The fourth-order valence-electron chi connectivity index (χ4n) is 2.17. The molecule has 0 heterocycles. The smallest absolute Gasteiger partial charge is 0.126 e. The van der Waals surface area contributed by atoms with Gasteiger partial charge in [0.1, 0.15) is 17.4 Å². The molecule has 0 amide bonds. The average molecular weight is 291 g/mol. The maximum absolute atomic E-state index is 13.1. The first-order valence-corrected chi connectivity index (χ1v) is 6.93. The molecule has 0 aliphatic heterocycles. The quantitative estimate of drug-likeness (QED) is 0.882. The van der Waals surface area contributed by atoms with Gasteiger partial charge in [0.25, 0.3) is 0 Å². The van der Waals surface area contributed by atoms with Gasteiger partial charge in [-0.1, -0.05) is 12.1 Å². The van der Waals surface area contributed by atoms with Crippen LogP contribution in [0.1, 0.15) is 17.5 Å². The zero-order valence-electron chi connectivity index (χ0n) is 12.0. The molecule has 0 spiro atoms. The third-order valence-corrected chi connectivity index (χ3v) is 3.17. The Balaban J connectivity index is 1.80. The molecular weight excluding hydrogens is 272 g/mol.